The van der Waals surface area contributed by atoms with Crippen molar-refractivity contribution in [3.63, 3.8) is 0 Å². The molecular formula is C25H22N2O2. The maximum atomic E-state index is 12.0. The van der Waals surface area contributed by atoms with Crippen LogP contribution in [-0.2, 0) is 19.4 Å². The van der Waals surface area contributed by atoms with Gasteiger partial charge in [-0.05, 0) is 16.7 Å². The van der Waals surface area contributed by atoms with Crippen LogP contribution in [0.3, 0.4) is 0 Å². The van der Waals surface area contributed by atoms with Gasteiger partial charge in [-0.1, -0.05) is 91.0 Å². The molecule has 1 N–H and O–H groups in total. The summed E-state index contributed by atoms with van der Waals surface area (Å²) in [6.45, 7) is 0.589. The normalized spacial score (nSPS) is 10.8. The van der Waals surface area contributed by atoms with E-state index in [9.17, 15) is 9.90 Å². The largest absolute Gasteiger partial charge is 0.476 e. The molecule has 4 heteroatoms. The number of hydrogen-bond acceptors (Lipinski definition) is 2. The van der Waals surface area contributed by atoms with Gasteiger partial charge in [0.25, 0.3) is 0 Å². The number of rotatable bonds is 7. The third kappa shape index (κ3) is 4.43. The van der Waals surface area contributed by atoms with E-state index in [2.05, 4.69) is 21.7 Å². The lowest BCUT2D eigenvalue weighted by Crippen LogP contribution is -2.11. The SMILES string of the molecule is O=C(O)c1nc(Cc2ccccc2)n(Cc2ccccc2)c1Cc1ccccc1. The highest BCUT2D eigenvalue weighted by Gasteiger charge is 2.22. The summed E-state index contributed by atoms with van der Waals surface area (Å²) in [4.78, 5) is 16.6. The molecule has 0 radical (unpaired) electrons. The minimum Gasteiger partial charge on any atom is -0.476 e. The highest BCUT2D eigenvalue weighted by molar-refractivity contribution is 5.87. The summed E-state index contributed by atoms with van der Waals surface area (Å²) in [6, 6.07) is 30.1. The van der Waals surface area contributed by atoms with Crippen molar-refractivity contribution in [2.45, 2.75) is 19.4 Å². The van der Waals surface area contributed by atoms with E-state index in [0.29, 0.717) is 19.4 Å². The topological polar surface area (TPSA) is 55.1 Å². The van der Waals surface area contributed by atoms with Gasteiger partial charge in [0, 0.05) is 19.4 Å². The van der Waals surface area contributed by atoms with Crippen molar-refractivity contribution in [1.82, 2.24) is 9.55 Å². The van der Waals surface area contributed by atoms with E-state index < -0.39 is 5.97 Å². The van der Waals surface area contributed by atoms with Crippen LogP contribution in [0.5, 0.6) is 0 Å². The predicted octanol–water partition coefficient (Wildman–Crippen LogP) is 4.81. The minimum atomic E-state index is -0.989. The van der Waals surface area contributed by atoms with Crippen molar-refractivity contribution >= 4 is 5.97 Å². The summed E-state index contributed by atoms with van der Waals surface area (Å²) in [7, 11) is 0. The van der Waals surface area contributed by atoms with E-state index in [0.717, 1.165) is 28.2 Å². The fraction of sp³-hybridized carbons (Fsp3) is 0.120. The fourth-order valence-electron chi connectivity index (χ4n) is 3.54. The second kappa shape index (κ2) is 8.57. The Bertz CT molecular complexity index is 1090. The molecule has 0 saturated carbocycles. The summed E-state index contributed by atoms with van der Waals surface area (Å²) in [5.74, 6) is -0.222. The number of carbonyl (C=O) groups is 1. The van der Waals surface area contributed by atoms with Gasteiger partial charge < -0.3 is 9.67 Å². The Morgan fingerprint density at radius 3 is 1.72 bits per heavy atom. The molecule has 29 heavy (non-hydrogen) atoms. The van der Waals surface area contributed by atoms with Crippen LogP contribution in [-0.4, -0.2) is 20.6 Å². The van der Waals surface area contributed by atoms with Gasteiger partial charge in [0.15, 0.2) is 5.69 Å². The Labute approximate surface area is 170 Å². The Morgan fingerprint density at radius 1 is 0.724 bits per heavy atom. The minimum absolute atomic E-state index is 0.135. The van der Waals surface area contributed by atoms with Gasteiger partial charge in [0.1, 0.15) is 5.82 Å². The standard InChI is InChI=1S/C25H22N2O2/c28-25(29)24-22(16-19-10-4-1-5-11-19)27(18-21-14-8-3-9-15-21)23(26-24)17-20-12-6-2-7-13-20/h1-15H,16-18H2,(H,28,29). The van der Waals surface area contributed by atoms with Crippen molar-refractivity contribution in [3.8, 4) is 0 Å². The molecule has 0 amide bonds. The van der Waals surface area contributed by atoms with Gasteiger partial charge in [-0.15, -0.1) is 0 Å². The molecule has 0 aliphatic carbocycles. The molecule has 0 unspecified atom stereocenters. The van der Waals surface area contributed by atoms with E-state index >= 15 is 0 Å². The molecule has 0 spiro atoms. The quantitative estimate of drug-likeness (QED) is 0.499. The summed E-state index contributed by atoms with van der Waals surface area (Å²) in [5, 5.41) is 9.84. The Balaban J connectivity index is 1.80. The lowest BCUT2D eigenvalue weighted by Gasteiger charge is -2.13. The summed E-state index contributed by atoms with van der Waals surface area (Å²) < 4.78 is 2.07. The van der Waals surface area contributed by atoms with Gasteiger partial charge in [-0.2, -0.15) is 0 Å². The number of benzene rings is 3. The van der Waals surface area contributed by atoms with E-state index in [4.69, 9.17) is 0 Å². The third-order valence-corrected chi connectivity index (χ3v) is 4.96. The van der Waals surface area contributed by atoms with Gasteiger partial charge in [-0.3, -0.25) is 0 Å². The molecule has 4 nitrogen and oxygen atoms in total. The van der Waals surface area contributed by atoms with E-state index in [1.807, 2.05) is 78.9 Å². The molecule has 1 aromatic heterocycles. The first-order valence-corrected chi connectivity index (χ1v) is 9.64. The first-order valence-electron chi connectivity index (χ1n) is 9.64. The van der Waals surface area contributed by atoms with Crippen LogP contribution < -0.4 is 0 Å². The van der Waals surface area contributed by atoms with Crippen molar-refractivity contribution < 1.29 is 9.90 Å². The lowest BCUT2D eigenvalue weighted by atomic mass is 10.1. The first-order chi connectivity index (χ1) is 14.2. The van der Waals surface area contributed by atoms with Gasteiger partial charge >= 0.3 is 5.97 Å². The number of aromatic carboxylic acids is 1. The molecule has 0 aliphatic rings. The summed E-state index contributed by atoms with van der Waals surface area (Å²) in [6.07, 6.45) is 1.11. The zero-order valence-corrected chi connectivity index (χ0v) is 16.0. The fourth-order valence-corrected chi connectivity index (χ4v) is 3.54. The zero-order valence-electron chi connectivity index (χ0n) is 16.0. The van der Waals surface area contributed by atoms with Gasteiger partial charge in [0.2, 0.25) is 0 Å². The average molecular weight is 382 g/mol. The Kier molecular flexibility index (Phi) is 5.52. The van der Waals surface area contributed by atoms with Crippen LogP contribution in [0, 0.1) is 0 Å². The van der Waals surface area contributed by atoms with E-state index in [1.165, 1.54) is 0 Å². The monoisotopic (exact) mass is 382 g/mol. The number of aromatic nitrogens is 2. The molecule has 0 fully saturated rings. The maximum absolute atomic E-state index is 12.0. The molecular weight excluding hydrogens is 360 g/mol. The molecule has 1 heterocycles. The van der Waals surface area contributed by atoms with Gasteiger partial charge in [-0.25, -0.2) is 9.78 Å². The van der Waals surface area contributed by atoms with Crippen molar-refractivity contribution in [1.29, 1.82) is 0 Å². The van der Waals surface area contributed by atoms with Crippen molar-refractivity contribution in [2.75, 3.05) is 0 Å². The van der Waals surface area contributed by atoms with E-state index in [1.54, 1.807) is 0 Å². The zero-order chi connectivity index (χ0) is 20.1. The number of carboxylic acids is 1. The highest BCUT2D eigenvalue weighted by Crippen LogP contribution is 2.21. The third-order valence-electron chi connectivity index (χ3n) is 4.96. The number of hydrogen-bond donors (Lipinski definition) is 1. The van der Waals surface area contributed by atoms with Crippen molar-refractivity contribution in [3.05, 3.63) is 125 Å². The highest BCUT2D eigenvalue weighted by atomic mass is 16.4. The Hall–Kier alpha value is -3.66. The molecule has 144 valence electrons. The molecule has 4 aromatic rings. The number of carboxylic acid groups (broad SMARTS) is 1. The van der Waals surface area contributed by atoms with Crippen LogP contribution in [0.15, 0.2) is 91.0 Å². The second-order valence-corrected chi connectivity index (χ2v) is 7.02. The molecule has 0 saturated heterocycles. The lowest BCUT2D eigenvalue weighted by molar-refractivity contribution is 0.0689. The number of nitrogens with zero attached hydrogens (tertiary/aromatic N) is 2. The molecule has 0 aliphatic heterocycles. The first kappa shape index (κ1) is 18.7. The molecule has 3 aromatic carbocycles. The maximum Gasteiger partial charge on any atom is 0.356 e. The number of imidazole rings is 1. The van der Waals surface area contributed by atoms with Crippen LogP contribution in [0.1, 0.15) is 38.7 Å². The average Bonchev–Trinajstić information content (AvgIpc) is 3.07. The molecule has 4 rings (SSSR count). The van der Waals surface area contributed by atoms with Crippen LogP contribution in [0.2, 0.25) is 0 Å². The van der Waals surface area contributed by atoms with Crippen LogP contribution >= 0.6 is 0 Å². The summed E-state index contributed by atoms with van der Waals surface area (Å²) in [5.41, 5.74) is 4.16. The van der Waals surface area contributed by atoms with Crippen LogP contribution in [0.4, 0.5) is 0 Å². The van der Waals surface area contributed by atoms with E-state index in [-0.39, 0.29) is 5.69 Å². The Morgan fingerprint density at radius 2 is 1.21 bits per heavy atom. The van der Waals surface area contributed by atoms with Crippen LogP contribution in [0.25, 0.3) is 0 Å². The van der Waals surface area contributed by atoms with Crippen molar-refractivity contribution in [2.24, 2.45) is 0 Å². The smallest absolute Gasteiger partial charge is 0.356 e. The second-order valence-electron chi connectivity index (χ2n) is 7.02. The molecule has 0 atom stereocenters. The summed E-state index contributed by atoms with van der Waals surface area (Å²) >= 11 is 0. The molecule has 0 bridgehead atoms. The predicted molar refractivity (Wildman–Crippen MR) is 113 cm³/mol. The van der Waals surface area contributed by atoms with Gasteiger partial charge in [0.05, 0.1) is 5.69 Å².